The highest BCUT2D eigenvalue weighted by Gasteiger charge is 2.43. The highest BCUT2D eigenvalue weighted by atomic mass is 19.1. The standard InChI is InChI=1S/C32H36F2N4O2/c33-27-11-7-25(8-12-27)22-37(19-15-24-5-2-1-3-6-24)29-21-30(32(40)36-18-4-16-35-17-20-36)38(23-29)31(39)26-9-13-28(34)14-10-26/h1-3,5-14,29-30,35H,4,15-23H2. The lowest BCUT2D eigenvalue weighted by Gasteiger charge is -2.29. The van der Waals surface area contributed by atoms with Gasteiger partial charge in [0.05, 0.1) is 0 Å². The SMILES string of the molecule is O=C(C1CC(N(CCc2ccccc2)Cc2ccc(F)cc2)CN1C(=O)c1ccc(F)cc1)N1CCCNCC1. The molecule has 2 saturated heterocycles. The number of nitrogens with zero attached hydrogens (tertiary/aromatic N) is 3. The Balaban J connectivity index is 1.41. The summed E-state index contributed by atoms with van der Waals surface area (Å²) in [5.74, 6) is -0.994. The van der Waals surface area contributed by atoms with Crippen molar-refractivity contribution in [1.82, 2.24) is 20.0 Å². The smallest absolute Gasteiger partial charge is 0.254 e. The minimum absolute atomic E-state index is 0.0357. The van der Waals surface area contributed by atoms with Crippen LogP contribution in [0.5, 0.6) is 0 Å². The highest BCUT2D eigenvalue weighted by molar-refractivity contribution is 5.98. The summed E-state index contributed by atoms with van der Waals surface area (Å²) in [6.07, 6.45) is 2.17. The van der Waals surface area contributed by atoms with Gasteiger partial charge in [0.2, 0.25) is 5.91 Å². The van der Waals surface area contributed by atoms with Crippen LogP contribution >= 0.6 is 0 Å². The van der Waals surface area contributed by atoms with Crippen LogP contribution in [0.4, 0.5) is 8.78 Å². The Hall–Kier alpha value is -3.62. The summed E-state index contributed by atoms with van der Waals surface area (Å²) >= 11 is 0. The van der Waals surface area contributed by atoms with Crippen LogP contribution in [-0.4, -0.2) is 77.9 Å². The quantitative estimate of drug-likeness (QED) is 0.462. The predicted molar refractivity (Wildman–Crippen MR) is 151 cm³/mol. The van der Waals surface area contributed by atoms with E-state index in [1.165, 1.54) is 42.0 Å². The third-order valence-electron chi connectivity index (χ3n) is 7.91. The van der Waals surface area contributed by atoms with Crippen molar-refractivity contribution in [2.24, 2.45) is 0 Å². The number of carbonyl (C=O) groups excluding carboxylic acids is 2. The molecule has 2 aliphatic heterocycles. The van der Waals surface area contributed by atoms with Crippen LogP contribution < -0.4 is 5.32 Å². The molecule has 1 N–H and O–H groups in total. The van der Waals surface area contributed by atoms with Crippen LogP contribution in [-0.2, 0) is 17.8 Å². The number of carbonyl (C=O) groups is 2. The van der Waals surface area contributed by atoms with E-state index >= 15 is 0 Å². The van der Waals surface area contributed by atoms with E-state index in [2.05, 4.69) is 22.3 Å². The normalized spacial score (nSPS) is 19.6. The summed E-state index contributed by atoms with van der Waals surface area (Å²) in [6.45, 7) is 4.52. The molecule has 2 heterocycles. The minimum atomic E-state index is -0.604. The number of likely N-dealkylation sites (tertiary alicyclic amines) is 1. The summed E-state index contributed by atoms with van der Waals surface area (Å²) in [5, 5.41) is 3.33. The fourth-order valence-corrected chi connectivity index (χ4v) is 5.70. The Morgan fingerprint density at radius 2 is 1.55 bits per heavy atom. The van der Waals surface area contributed by atoms with Gasteiger partial charge >= 0.3 is 0 Å². The van der Waals surface area contributed by atoms with E-state index < -0.39 is 11.9 Å². The summed E-state index contributed by atoms with van der Waals surface area (Å²) in [6, 6.07) is 21.5. The topological polar surface area (TPSA) is 55.9 Å². The third-order valence-corrected chi connectivity index (χ3v) is 7.91. The molecule has 0 aromatic heterocycles. The first-order valence-corrected chi connectivity index (χ1v) is 14.1. The average Bonchev–Trinajstić information content (AvgIpc) is 3.24. The molecule has 3 aromatic carbocycles. The van der Waals surface area contributed by atoms with E-state index in [-0.39, 0.29) is 23.7 Å². The van der Waals surface area contributed by atoms with Gasteiger partial charge in [0.25, 0.3) is 5.91 Å². The summed E-state index contributed by atoms with van der Waals surface area (Å²) < 4.78 is 27.3. The molecule has 0 saturated carbocycles. The number of hydrogen-bond acceptors (Lipinski definition) is 4. The number of amides is 2. The Morgan fingerprint density at radius 3 is 2.27 bits per heavy atom. The van der Waals surface area contributed by atoms with E-state index in [4.69, 9.17) is 0 Å². The fraction of sp³-hybridized carbons (Fsp3) is 0.375. The van der Waals surface area contributed by atoms with Crippen LogP contribution in [0.3, 0.4) is 0 Å². The first-order chi connectivity index (χ1) is 19.5. The first-order valence-electron chi connectivity index (χ1n) is 14.1. The van der Waals surface area contributed by atoms with Crippen LogP contribution in [0, 0.1) is 11.6 Å². The maximum absolute atomic E-state index is 13.9. The van der Waals surface area contributed by atoms with Gasteiger partial charge in [-0.05, 0) is 73.3 Å². The summed E-state index contributed by atoms with van der Waals surface area (Å²) in [7, 11) is 0. The van der Waals surface area contributed by atoms with E-state index in [9.17, 15) is 18.4 Å². The van der Waals surface area contributed by atoms with E-state index in [0.29, 0.717) is 38.2 Å². The van der Waals surface area contributed by atoms with E-state index in [0.717, 1.165) is 38.0 Å². The van der Waals surface area contributed by atoms with E-state index in [1.807, 2.05) is 23.1 Å². The van der Waals surface area contributed by atoms with Gasteiger partial charge in [-0.3, -0.25) is 14.5 Å². The third kappa shape index (κ3) is 6.92. The molecule has 0 spiro atoms. The Bertz CT molecular complexity index is 1260. The molecule has 40 heavy (non-hydrogen) atoms. The second kappa shape index (κ2) is 13.2. The maximum atomic E-state index is 13.9. The molecular formula is C32H36F2N4O2. The molecule has 2 atom stereocenters. The van der Waals surface area contributed by atoms with Gasteiger partial charge in [0, 0.05) is 50.9 Å². The van der Waals surface area contributed by atoms with Crippen molar-refractivity contribution in [2.75, 3.05) is 39.3 Å². The monoisotopic (exact) mass is 546 g/mol. The number of nitrogens with one attached hydrogen (secondary N) is 1. The maximum Gasteiger partial charge on any atom is 0.254 e. The molecular weight excluding hydrogens is 510 g/mol. The largest absolute Gasteiger partial charge is 0.340 e. The second-order valence-electron chi connectivity index (χ2n) is 10.6. The molecule has 0 bridgehead atoms. The lowest BCUT2D eigenvalue weighted by molar-refractivity contribution is -0.135. The Morgan fingerprint density at radius 1 is 0.850 bits per heavy atom. The zero-order chi connectivity index (χ0) is 27.9. The van der Waals surface area contributed by atoms with Gasteiger partial charge in [-0.2, -0.15) is 0 Å². The number of halogens is 2. The molecule has 2 amide bonds. The first kappa shape index (κ1) is 27.9. The Labute approximate surface area is 234 Å². The van der Waals surface area contributed by atoms with Gasteiger partial charge in [0.15, 0.2) is 0 Å². The molecule has 210 valence electrons. The molecule has 3 aromatic rings. The number of rotatable bonds is 8. The van der Waals surface area contributed by atoms with Gasteiger partial charge in [-0.1, -0.05) is 42.5 Å². The minimum Gasteiger partial charge on any atom is -0.340 e. The van der Waals surface area contributed by atoms with Crippen LogP contribution in [0.1, 0.15) is 34.3 Å². The molecule has 6 nitrogen and oxygen atoms in total. The van der Waals surface area contributed by atoms with Crippen molar-refractivity contribution >= 4 is 11.8 Å². The zero-order valence-electron chi connectivity index (χ0n) is 22.6. The van der Waals surface area contributed by atoms with Crippen LogP contribution in [0.2, 0.25) is 0 Å². The summed E-state index contributed by atoms with van der Waals surface area (Å²) in [5.41, 5.74) is 2.54. The lowest BCUT2D eigenvalue weighted by Crippen LogP contribution is -2.48. The zero-order valence-corrected chi connectivity index (χ0v) is 22.6. The summed E-state index contributed by atoms with van der Waals surface area (Å²) in [4.78, 5) is 33.5. The predicted octanol–water partition coefficient (Wildman–Crippen LogP) is 4.11. The van der Waals surface area contributed by atoms with Crippen molar-refractivity contribution in [3.63, 3.8) is 0 Å². The lowest BCUT2D eigenvalue weighted by atomic mass is 10.1. The fourth-order valence-electron chi connectivity index (χ4n) is 5.70. The van der Waals surface area contributed by atoms with Crippen molar-refractivity contribution in [3.8, 4) is 0 Å². The van der Waals surface area contributed by atoms with Crippen molar-refractivity contribution in [1.29, 1.82) is 0 Å². The molecule has 2 unspecified atom stereocenters. The Kier molecular flexibility index (Phi) is 9.19. The van der Waals surface area contributed by atoms with Crippen LogP contribution in [0.15, 0.2) is 78.9 Å². The molecule has 0 aliphatic carbocycles. The van der Waals surface area contributed by atoms with Gasteiger partial charge in [-0.25, -0.2) is 8.78 Å². The van der Waals surface area contributed by atoms with Crippen molar-refractivity contribution in [2.45, 2.75) is 37.9 Å². The number of benzene rings is 3. The molecule has 5 rings (SSSR count). The van der Waals surface area contributed by atoms with Gasteiger partial charge < -0.3 is 15.1 Å². The molecule has 0 radical (unpaired) electrons. The number of hydrogen-bond donors (Lipinski definition) is 1. The van der Waals surface area contributed by atoms with E-state index in [1.54, 1.807) is 17.0 Å². The van der Waals surface area contributed by atoms with Gasteiger partial charge in [0.1, 0.15) is 17.7 Å². The second-order valence-corrected chi connectivity index (χ2v) is 10.6. The highest BCUT2D eigenvalue weighted by Crippen LogP contribution is 2.28. The van der Waals surface area contributed by atoms with Crippen molar-refractivity contribution < 1.29 is 18.4 Å². The molecule has 2 aliphatic rings. The molecule has 2 fully saturated rings. The average molecular weight is 547 g/mol. The van der Waals surface area contributed by atoms with Crippen molar-refractivity contribution in [3.05, 3.63) is 107 Å². The van der Waals surface area contributed by atoms with Crippen LogP contribution in [0.25, 0.3) is 0 Å². The molecule has 8 heteroatoms. The van der Waals surface area contributed by atoms with Gasteiger partial charge in [-0.15, -0.1) is 0 Å².